The quantitative estimate of drug-likeness (QED) is 0.428. The molecule has 5 heterocycles. The topological polar surface area (TPSA) is 130 Å². The van der Waals surface area contributed by atoms with Crippen LogP contribution in [0.25, 0.3) is 0 Å². The maximum Gasteiger partial charge on any atom is 0.306 e. The van der Waals surface area contributed by atoms with Gasteiger partial charge in [0.1, 0.15) is 19.0 Å². The summed E-state index contributed by atoms with van der Waals surface area (Å²) in [5.41, 5.74) is 0.973. The molecule has 0 spiro atoms. The average molecular weight is 565 g/mol. The number of hydrogen-bond donors (Lipinski definition) is 1. The average Bonchev–Trinajstić information content (AvgIpc) is 2.97. The molecule has 0 radical (unpaired) electrons. The van der Waals surface area contributed by atoms with Crippen LogP contribution in [-0.2, 0) is 22.6 Å². The van der Waals surface area contributed by atoms with Crippen molar-refractivity contribution in [2.45, 2.75) is 37.8 Å². The molecule has 2 aromatic heterocycles. The fourth-order valence-electron chi connectivity index (χ4n) is 6.32. The van der Waals surface area contributed by atoms with Crippen molar-refractivity contribution in [3.8, 4) is 23.0 Å². The van der Waals surface area contributed by atoms with E-state index in [0.717, 1.165) is 18.7 Å². The predicted molar refractivity (Wildman–Crippen MR) is 146 cm³/mol. The third-order valence-corrected chi connectivity index (χ3v) is 8.10. The van der Waals surface area contributed by atoms with Crippen molar-refractivity contribution in [2.75, 3.05) is 40.5 Å². The van der Waals surface area contributed by atoms with Gasteiger partial charge in [0.15, 0.2) is 17.3 Å². The van der Waals surface area contributed by atoms with Crippen molar-refractivity contribution in [2.24, 2.45) is 5.92 Å². The van der Waals surface area contributed by atoms with Gasteiger partial charge in [0, 0.05) is 43.4 Å². The van der Waals surface area contributed by atoms with E-state index in [9.17, 15) is 19.5 Å². The van der Waals surface area contributed by atoms with Crippen LogP contribution >= 0.6 is 0 Å². The van der Waals surface area contributed by atoms with E-state index in [0.29, 0.717) is 67.3 Å². The van der Waals surface area contributed by atoms with Gasteiger partial charge < -0.3 is 33.0 Å². The van der Waals surface area contributed by atoms with Crippen LogP contribution in [0.3, 0.4) is 0 Å². The van der Waals surface area contributed by atoms with E-state index in [1.54, 1.807) is 24.3 Å². The van der Waals surface area contributed by atoms with Crippen LogP contribution in [0.1, 0.15) is 47.5 Å². The van der Waals surface area contributed by atoms with Crippen LogP contribution in [-0.4, -0.2) is 61.1 Å². The number of methoxy groups -OCH3 is 2. The largest absolute Gasteiger partial charge is 0.502 e. The van der Waals surface area contributed by atoms with Gasteiger partial charge in [0.2, 0.25) is 16.9 Å². The molecule has 0 unspecified atom stereocenters. The number of aromatic nitrogens is 1. The molecule has 3 aliphatic rings. The van der Waals surface area contributed by atoms with Gasteiger partial charge in [0.25, 0.3) is 5.56 Å². The van der Waals surface area contributed by atoms with E-state index in [2.05, 4.69) is 4.90 Å². The zero-order chi connectivity index (χ0) is 28.7. The van der Waals surface area contributed by atoms with Crippen LogP contribution < -0.4 is 25.2 Å². The number of carbonyl (C=O) groups excluding carboxylic acids is 1. The minimum atomic E-state index is -0.862. The van der Waals surface area contributed by atoms with Crippen LogP contribution in [0.5, 0.6) is 23.0 Å². The molecule has 1 saturated heterocycles. The van der Waals surface area contributed by atoms with E-state index >= 15 is 0 Å². The van der Waals surface area contributed by atoms with Crippen LogP contribution in [0.2, 0.25) is 0 Å². The summed E-state index contributed by atoms with van der Waals surface area (Å²) in [5.74, 6) is 0.103. The Hall–Kier alpha value is -4.25. The second kappa shape index (κ2) is 11.0. The van der Waals surface area contributed by atoms with Crippen LogP contribution in [0.15, 0.2) is 50.4 Å². The van der Waals surface area contributed by atoms with Gasteiger partial charge in [-0.1, -0.05) is 6.07 Å². The SMILES string of the molecule is COC(=O)C[C@@H](c1cc(OC)c2c(c1)OCCO2)c1oc(CN2C[C@H]3C[C@@H](C2)c2cccc(=O)n2C3)cc(=O)c1O. The Morgan fingerprint density at radius 2 is 1.93 bits per heavy atom. The van der Waals surface area contributed by atoms with Crippen molar-refractivity contribution in [3.63, 3.8) is 0 Å². The second-order valence-corrected chi connectivity index (χ2v) is 10.8. The van der Waals surface area contributed by atoms with Gasteiger partial charge in [-0.15, -0.1) is 0 Å². The van der Waals surface area contributed by atoms with Crippen molar-refractivity contribution in [1.82, 2.24) is 9.47 Å². The lowest BCUT2D eigenvalue weighted by molar-refractivity contribution is -0.140. The number of pyridine rings is 1. The smallest absolute Gasteiger partial charge is 0.306 e. The Balaban J connectivity index is 1.34. The highest BCUT2D eigenvalue weighted by atomic mass is 16.6. The maximum absolute atomic E-state index is 13.0. The molecule has 41 heavy (non-hydrogen) atoms. The first-order chi connectivity index (χ1) is 19.8. The summed E-state index contributed by atoms with van der Waals surface area (Å²) in [7, 11) is 2.77. The number of benzene rings is 1. The number of carbonyl (C=O) groups is 1. The Bertz CT molecular complexity index is 1580. The van der Waals surface area contributed by atoms with Gasteiger partial charge in [0.05, 0.1) is 33.1 Å². The fourth-order valence-corrected chi connectivity index (χ4v) is 6.32. The highest BCUT2D eigenvalue weighted by molar-refractivity contribution is 5.71. The van der Waals surface area contributed by atoms with Gasteiger partial charge in [-0.3, -0.25) is 19.3 Å². The summed E-state index contributed by atoms with van der Waals surface area (Å²) in [6.45, 7) is 3.13. The number of likely N-dealkylation sites (tertiary alicyclic amines) is 1. The van der Waals surface area contributed by atoms with Crippen molar-refractivity contribution in [3.05, 3.63) is 79.8 Å². The first-order valence-corrected chi connectivity index (χ1v) is 13.7. The van der Waals surface area contributed by atoms with Gasteiger partial charge >= 0.3 is 5.97 Å². The normalized spacial score (nSPS) is 20.1. The molecule has 0 amide bonds. The zero-order valence-electron chi connectivity index (χ0n) is 23.0. The third kappa shape index (κ3) is 5.17. The molecule has 3 atom stereocenters. The minimum Gasteiger partial charge on any atom is -0.502 e. The Kier molecular flexibility index (Phi) is 7.21. The first-order valence-electron chi connectivity index (χ1n) is 13.7. The molecule has 1 N–H and O–H groups in total. The summed E-state index contributed by atoms with van der Waals surface area (Å²) >= 11 is 0. The molecule has 3 aromatic rings. The number of nitrogens with zero attached hydrogens (tertiary/aromatic N) is 2. The number of fused-ring (bicyclic) bond motifs is 5. The Labute approximate surface area is 235 Å². The lowest BCUT2D eigenvalue weighted by Crippen LogP contribution is -2.46. The third-order valence-electron chi connectivity index (χ3n) is 8.10. The molecule has 216 valence electrons. The van der Waals surface area contributed by atoms with Crippen molar-refractivity contribution < 1.29 is 33.3 Å². The van der Waals surface area contributed by atoms with E-state index < -0.39 is 23.1 Å². The molecule has 11 nitrogen and oxygen atoms in total. The van der Waals surface area contributed by atoms with Gasteiger partial charge in [-0.25, -0.2) is 0 Å². The summed E-state index contributed by atoms with van der Waals surface area (Å²) in [6.07, 6.45) is 0.802. The number of ether oxygens (including phenoxy) is 4. The molecule has 0 aliphatic carbocycles. The minimum absolute atomic E-state index is 0.0206. The molecule has 1 fully saturated rings. The van der Waals surface area contributed by atoms with E-state index in [1.807, 2.05) is 10.6 Å². The molecule has 3 aliphatic heterocycles. The summed E-state index contributed by atoms with van der Waals surface area (Å²) < 4.78 is 30.0. The molecule has 1 aromatic carbocycles. The number of aromatic hydroxyl groups is 1. The van der Waals surface area contributed by atoms with E-state index in [1.165, 1.54) is 20.3 Å². The molecule has 2 bridgehead atoms. The number of hydrogen-bond acceptors (Lipinski definition) is 10. The van der Waals surface area contributed by atoms with E-state index in [-0.39, 0.29) is 23.7 Å². The fraction of sp³-hybridized carbons (Fsp3) is 0.433. The molecule has 0 saturated carbocycles. The number of piperidine rings is 1. The van der Waals surface area contributed by atoms with E-state index in [4.69, 9.17) is 23.4 Å². The van der Waals surface area contributed by atoms with Crippen molar-refractivity contribution in [1.29, 1.82) is 0 Å². The number of rotatable bonds is 7. The van der Waals surface area contributed by atoms with Crippen LogP contribution in [0, 0.1) is 5.92 Å². The monoisotopic (exact) mass is 564 g/mol. The highest BCUT2D eigenvalue weighted by Crippen LogP contribution is 2.45. The maximum atomic E-state index is 13.0. The van der Waals surface area contributed by atoms with Gasteiger partial charge in [-0.05, 0) is 36.1 Å². The van der Waals surface area contributed by atoms with Crippen LogP contribution in [0.4, 0.5) is 0 Å². The zero-order valence-corrected chi connectivity index (χ0v) is 23.0. The van der Waals surface area contributed by atoms with Crippen molar-refractivity contribution >= 4 is 5.97 Å². The Morgan fingerprint density at radius 3 is 2.73 bits per heavy atom. The second-order valence-electron chi connectivity index (χ2n) is 10.8. The summed E-state index contributed by atoms with van der Waals surface area (Å²) in [5, 5.41) is 10.9. The van der Waals surface area contributed by atoms with Gasteiger partial charge in [-0.2, -0.15) is 0 Å². The molecular formula is C30H32N2O9. The first kappa shape index (κ1) is 26.9. The highest BCUT2D eigenvalue weighted by Gasteiger charge is 2.35. The summed E-state index contributed by atoms with van der Waals surface area (Å²) in [6, 6.07) is 10.1. The molecule has 6 rings (SSSR count). The summed E-state index contributed by atoms with van der Waals surface area (Å²) in [4.78, 5) is 40.1. The number of esters is 1. The molecule has 11 heteroatoms. The Morgan fingerprint density at radius 1 is 1.10 bits per heavy atom. The predicted octanol–water partition coefficient (Wildman–Crippen LogP) is 2.60. The lowest BCUT2D eigenvalue weighted by Gasteiger charge is -2.42. The standard InChI is InChI=1S/C30H32N2O9/c1-37-24-9-18(10-25-30(24)40-7-6-39-25)21(12-27(35)38-2)29-28(36)23(33)11-20(41-29)16-31-13-17-8-19(15-31)22-4-3-5-26(34)32(22)14-17/h3-5,9-11,17,19,21,36H,6-8,12-16H2,1-2H3/t17-,19+,21+/m1/s1. The lowest BCUT2D eigenvalue weighted by atomic mass is 9.83. The molecular weight excluding hydrogens is 532 g/mol.